The van der Waals surface area contributed by atoms with Crippen LogP contribution in [0, 0.1) is 6.92 Å². The number of para-hydroxylation sites is 1. The van der Waals surface area contributed by atoms with Gasteiger partial charge in [0.2, 0.25) is 0 Å². The maximum absolute atomic E-state index is 4.29. The van der Waals surface area contributed by atoms with E-state index in [1.165, 1.54) is 22.5 Å². The number of aromatic nitrogens is 2. The summed E-state index contributed by atoms with van der Waals surface area (Å²) in [7, 11) is 0. The third-order valence-corrected chi connectivity index (χ3v) is 3.29. The normalized spacial score (nSPS) is 10.6. The number of nitrogens with one attached hydrogen (secondary N) is 1. The molecule has 0 fully saturated rings. The van der Waals surface area contributed by atoms with Crippen LogP contribution in [0.15, 0.2) is 30.5 Å². The molecule has 1 aromatic heterocycles. The number of hydrogen-bond acceptors (Lipinski definition) is 2. The van der Waals surface area contributed by atoms with E-state index < -0.39 is 0 Å². The Morgan fingerprint density at radius 2 is 2.06 bits per heavy atom. The van der Waals surface area contributed by atoms with Crippen LogP contribution in [0.2, 0.25) is 0 Å². The molecule has 3 nitrogen and oxygen atoms in total. The van der Waals surface area contributed by atoms with Crippen molar-refractivity contribution in [2.24, 2.45) is 0 Å². The van der Waals surface area contributed by atoms with Gasteiger partial charge in [0.25, 0.3) is 0 Å². The van der Waals surface area contributed by atoms with Crippen LogP contribution in [-0.2, 0) is 19.5 Å². The second-order valence-corrected chi connectivity index (χ2v) is 4.45. The summed E-state index contributed by atoms with van der Waals surface area (Å²) in [5.74, 6) is 0. The van der Waals surface area contributed by atoms with Crippen molar-refractivity contribution in [1.29, 1.82) is 0 Å². The monoisotopic (exact) mass is 243 g/mol. The van der Waals surface area contributed by atoms with Gasteiger partial charge in [0, 0.05) is 18.4 Å². The van der Waals surface area contributed by atoms with Gasteiger partial charge in [0.1, 0.15) is 0 Å². The summed E-state index contributed by atoms with van der Waals surface area (Å²) in [6.07, 6.45) is 2.91. The van der Waals surface area contributed by atoms with E-state index >= 15 is 0 Å². The van der Waals surface area contributed by atoms with Crippen LogP contribution >= 0.6 is 0 Å². The largest absolute Gasteiger partial charge is 0.379 e. The molecular weight excluding hydrogens is 222 g/mol. The first kappa shape index (κ1) is 12.7. The van der Waals surface area contributed by atoms with Gasteiger partial charge < -0.3 is 5.32 Å². The molecule has 0 aliphatic rings. The van der Waals surface area contributed by atoms with Gasteiger partial charge in [-0.15, -0.1) is 0 Å². The van der Waals surface area contributed by atoms with Crippen molar-refractivity contribution in [3.63, 3.8) is 0 Å². The van der Waals surface area contributed by atoms with E-state index in [2.05, 4.69) is 55.5 Å². The van der Waals surface area contributed by atoms with Crippen molar-refractivity contribution in [2.75, 3.05) is 5.32 Å². The second-order valence-electron chi connectivity index (χ2n) is 4.45. The third kappa shape index (κ3) is 2.55. The van der Waals surface area contributed by atoms with E-state index in [9.17, 15) is 0 Å². The maximum Gasteiger partial charge on any atom is 0.0575 e. The van der Waals surface area contributed by atoms with Gasteiger partial charge in [-0.25, -0.2) is 0 Å². The van der Waals surface area contributed by atoms with Crippen LogP contribution in [0.3, 0.4) is 0 Å². The van der Waals surface area contributed by atoms with E-state index in [1.54, 1.807) is 0 Å². The van der Waals surface area contributed by atoms with Crippen molar-refractivity contribution in [2.45, 2.75) is 40.3 Å². The molecule has 0 aliphatic heterocycles. The second kappa shape index (κ2) is 5.71. The number of hydrogen-bond donors (Lipinski definition) is 1. The Morgan fingerprint density at radius 3 is 2.78 bits per heavy atom. The Bertz CT molecular complexity index is 514. The summed E-state index contributed by atoms with van der Waals surface area (Å²) in [4.78, 5) is 0. The average molecular weight is 243 g/mol. The first-order chi connectivity index (χ1) is 8.76. The lowest BCUT2D eigenvalue weighted by atomic mass is 10.1. The van der Waals surface area contributed by atoms with Crippen molar-refractivity contribution in [3.05, 3.63) is 47.3 Å². The molecule has 2 rings (SSSR count). The number of rotatable bonds is 5. The Balaban J connectivity index is 2.15. The summed E-state index contributed by atoms with van der Waals surface area (Å²) in [5, 5.41) is 7.84. The van der Waals surface area contributed by atoms with E-state index in [-0.39, 0.29) is 0 Å². The summed E-state index contributed by atoms with van der Waals surface area (Å²) >= 11 is 0. The quantitative estimate of drug-likeness (QED) is 0.872. The lowest BCUT2D eigenvalue weighted by Gasteiger charge is -2.14. The molecule has 2 aromatic rings. The van der Waals surface area contributed by atoms with Crippen LogP contribution in [0.25, 0.3) is 0 Å². The van der Waals surface area contributed by atoms with Crippen LogP contribution < -0.4 is 5.32 Å². The lowest BCUT2D eigenvalue weighted by molar-refractivity contribution is 0.627. The van der Waals surface area contributed by atoms with Crippen LogP contribution in [-0.4, -0.2) is 9.78 Å². The molecule has 96 valence electrons. The molecule has 0 amide bonds. The highest BCUT2D eigenvalue weighted by Gasteiger charge is 2.05. The van der Waals surface area contributed by atoms with Crippen molar-refractivity contribution in [1.82, 2.24) is 9.78 Å². The van der Waals surface area contributed by atoms with Gasteiger partial charge in [0.05, 0.1) is 12.2 Å². The fourth-order valence-electron chi connectivity index (χ4n) is 2.25. The standard InChI is InChI=1S/C15H21N3/c1-4-13-8-6-7-12(3)15(13)16-11-14-9-10-17-18(14)5-2/h6-10,16H,4-5,11H2,1-3H3. The predicted octanol–water partition coefficient (Wildman–Crippen LogP) is 3.39. The minimum atomic E-state index is 0.825. The summed E-state index contributed by atoms with van der Waals surface area (Å²) < 4.78 is 2.02. The molecule has 1 aromatic carbocycles. The van der Waals surface area contributed by atoms with Gasteiger partial charge >= 0.3 is 0 Å². The van der Waals surface area contributed by atoms with E-state index in [1.807, 2.05) is 10.9 Å². The van der Waals surface area contributed by atoms with Crippen molar-refractivity contribution >= 4 is 5.69 Å². The molecule has 0 aliphatic carbocycles. The fourth-order valence-corrected chi connectivity index (χ4v) is 2.25. The molecule has 0 radical (unpaired) electrons. The van der Waals surface area contributed by atoms with Crippen molar-refractivity contribution < 1.29 is 0 Å². The topological polar surface area (TPSA) is 29.9 Å². The third-order valence-electron chi connectivity index (χ3n) is 3.29. The highest BCUT2D eigenvalue weighted by molar-refractivity contribution is 5.57. The predicted molar refractivity (Wildman–Crippen MR) is 75.8 cm³/mol. The Labute approximate surface area is 109 Å². The molecule has 0 spiro atoms. The maximum atomic E-state index is 4.29. The first-order valence-corrected chi connectivity index (χ1v) is 6.59. The van der Waals surface area contributed by atoms with Crippen LogP contribution in [0.5, 0.6) is 0 Å². The van der Waals surface area contributed by atoms with E-state index in [0.717, 1.165) is 19.5 Å². The zero-order valence-electron chi connectivity index (χ0n) is 11.4. The van der Waals surface area contributed by atoms with Crippen LogP contribution in [0.1, 0.15) is 30.7 Å². The molecule has 1 N–H and O–H groups in total. The SMILES string of the molecule is CCc1cccc(C)c1NCc1ccnn1CC. The summed E-state index contributed by atoms with van der Waals surface area (Å²) in [5.41, 5.74) is 5.17. The average Bonchev–Trinajstić information content (AvgIpc) is 2.84. The molecular formula is C15H21N3. The smallest absolute Gasteiger partial charge is 0.0575 e. The molecule has 0 bridgehead atoms. The fraction of sp³-hybridized carbons (Fsp3) is 0.400. The zero-order chi connectivity index (χ0) is 13.0. The van der Waals surface area contributed by atoms with E-state index in [0.29, 0.717) is 0 Å². The van der Waals surface area contributed by atoms with Gasteiger partial charge in [-0.3, -0.25) is 4.68 Å². The molecule has 18 heavy (non-hydrogen) atoms. The molecule has 1 heterocycles. The molecule has 0 atom stereocenters. The summed E-state index contributed by atoms with van der Waals surface area (Å²) in [6, 6.07) is 8.53. The highest BCUT2D eigenvalue weighted by Crippen LogP contribution is 2.21. The molecule has 0 unspecified atom stereocenters. The Kier molecular flexibility index (Phi) is 4.03. The van der Waals surface area contributed by atoms with E-state index in [4.69, 9.17) is 0 Å². The number of nitrogens with zero attached hydrogens (tertiary/aromatic N) is 2. The highest BCUT2D eigenvalue weighted by atomic mass is 15.3. The number of benzene rings is 1. The molecule has 0 saturated carbocycles. The number of anilines is 1. The minimum absolute atomic E-state index is 0.825. The van der Waals surface area contributed by atoms with Gasteiger partial charge in [-0.1, -0.05) is 25.1 Å². The Morgan fingerprint density at radius 1 is 1.22 bits per heavy atom. The Hall–Kier alpha value is -1.77. The van der Waals surface area contributed by atoms with Crippen molar-refractivity contribution in [3.8, 4) is 0 Å². The van der Waals surface area contributed by atoms with Gasteiger partial charge in [0.15, 0.2) is 0 Å². The first-order valence-electron chi connectivity index (χ1n) is 6.59. The summed E-state index contributed by atoms with van der Waals surface area (Å²) in [6.45, 7) is 8.20. The zero-order valence-corrected chi connectivity index (χ0v) is 11.4. The molecule has 3 heteroatoms. The molecule has 0 saturated heterocycles. The van der Waals surface area contributed by atoms with Gasteiger partial charge in [-0.05, 0) is 37.5 Å². The minimum Gasteiger partial charge on any atom is -0.379 e. The van der Waals surface area contributed by atoms with Crippen LogP contribution in [0.4, 0.5) is 5.69 Å². The van der Waals surface area contributed by atoms with Gasteiger partial charge in [-0.2, -0.15) is 5.10 Å². The number of aryl methyl sites for hydroxylation is 3. The lowest BCUT2D eigenvalue weighted by Crippen LogP contribution is -2.09.